The maximum absolute atomic E-state index is 13.8. The fraction of sp³-hybridized carbons (Fsp3) is 0.455. The highest BCUT2D eigenvalue weighted by Gasteiger charge is 2.40. The number of rotatable bonds is 2. The zero-order valence-electron chi connectivity index (χ0n) is 15.8. The van der Waals surface area contributed by atoms with Crippen LogP contribution in [0.25, 0.3) is 11.1 Å². The number of hydrogen-bond acceptors (Lipinski definition) is 3. The second-order valence-electron chi connectivity index (χ2n) is 8.06. The topological polar surface area (TPSA) is 24.5 Å². The van der Waals surface area contributed by atoms with Crippen molar-refractivity contribution in [1.29, 1.82) is 0 Å². The maximum Gasteiger partial charge on any atom is 0.417 e. The molecule has 0 bridgehead atoms. The first-order valence-electron chi connectivity index (χ1n) is 9.84. The van der Waals surface area contributed by atoms with Crippen molar-refractivity contribution in [3.8, 4) is 16.9 Å². The van der Waals surface area contributed by atoms with Crippen LogP contribution in [0, 0.1) is 5.92 Å². The third-order valence-corrected chi connectivity index (χ3v) is 6.45. The van der Waals surface area contributed by atoms with Crippen LogP contribution in [-0.4, -0.2) is 33.3 Å². The van der Waals surface area contributed by atoms with Crippen LogP contribution in [0.4, 0.5) is 18.9 Å². The summed E-state index contributed by atoms with van der Waals surface area (Å²) in [6, 6.07) is 8.25. The number of nitrogens with zero attached hydrogens (tertiary/aromatic N) is 1. The van der Waals surface area contributed by atoms with Crippen LogP contribution in [0.2, 0.25) is 0 Å². The Kier molecular flexibility index (Phi) is 4.09. The minimum atomic E-state index is -4.43. The molecule has 3 aliphatic rings. The van der Waals surface area contributed by atoms with Gasteiger partial charge in [0.2, 0.25) is 0 Å². The monoisotopic (exact) mass is 388 g/mol. The highest BCUT2D eigenvalue weighted by molar-refractivity contribution is 5.77. The Hall–Kier alpha value is -2.21. The van der Waals surface area contributed by atoms with Crippen LogP contribution in [-0.2, 0) is 12.6 Å². The molecule has 1 fully saturated rings. The van der Waals surface area contributed by atoms with E-state index < -0.39 is 11.7 Å². The van der Waals surface area contributed by atoms with Gasteiger partial charge in [0, 0.05) is 37.8 Å². The molecule has 2 unspecified atom stereocenters. The molecule has 2 aromatic rings. The zero-order chi connectivity index (χ0) is 19.5. The smallest absolute Gasteiger partial charge is 0.417 e. The van der Waals surface area contributed by atoms with Crippen LogP contribution >= 0.6 is 0 Å². The molecule has 1 saturated heterocycles. The first-order valence-corrected chi connectivity index (χ1v) is 9.84. The lowest BCUT2D eigenvalue weighted by atomic mass is 9.78. The molecule has 3 nitrogen and oxygen atoms in total. The second kappa shape index (κ2) is 6.41. The van der Waals surface area contributed by atoms with Gasteiger partial charge in [0.1, 0.15) is 5.75 Å². The van der Waals surface area contributed by atoms with Gasteiger partial charge in [0.15, 0.2) is 0 Å². The first-order chi connectivity index (χ1) is 13.5. The largest absolute Gasteiger partial charge is 0.497 e. The first kappa shape index (κ1) is 17.9. The predicted molar refractivity (Wildman–Crippen MR) is 103 cm³/mol. The lowest BCUT2D eigenvalue weighted by molar-refractivity contribution is -0.137. The predicted octanol–water partition coefficient (Wildman–Crippen LogP) is 4.45. The molecule has 0 aromatic heterocycles. The Bertz CT molecular complexity index is 925. The third-order valence-electron chi connectivity index (χ3n) is 6.45. The molecule has 2 aromatic carbocycles. The number of methoxy groups -OCH3 is 1. The van der Waals surface area contributed by atoms with Crippen molar-refractivity contribution < 1.29 is 17.9 Å². The number of halogens is 3. The number of anilines is 1. The molecular weight excluding hydrogens is 365 g/mol. The van der Waals surface area contributed by atoms with E-state index in [1.165, 1.54) is 23.9 Å². The van der Waals surface area contributed by atoms with Gasteiger partial charge in [-0.2, -0.15) is 13.2 Å². The van der Waals surface area contributed by atoms with Gasteiger partial charge in [-0.15, -0.1) is 0 Å². The summed E-state index contributed by atoms with van der Waals surface area (Å²) >= 11 is 0. The van der Waals surface area contributed by atoms with E-state index in [1.807, 2.05) is 12.1 Å². The van der Waals surface area contributed by atoms with Crippen LogP contribution in [0.15, 0.2) is 30.3 Å². The van der Waals surface area contributed by atoms with E-state index in [1.54, 1.807) is 12.1 Å². The Morgan fingerprint density at radius 2 is 2.00 bits per heavy atom. The minimum Gasteiger partial charge on any atom is -0.497 e. The van der Waals surface area contributed by atoms with Gasteiger partial charge < -0.3 is 15.0 Å². The van der Waals surface area contributed by atoms with Crippen LogP contribution in [0.3, 0.4) is 0 Å². The average molecular weight is 388 g/mol. The molecule has 1 N–H and O–H groups in total. The fourth-order valence-corrected chi connectivity index (χ4v) is 5.20. The van der Waals surface area contributed by atoms with Crippen molar-refractivity contribution in [3.63, 3.8) is 0 Å². The molecular formula is C22H23F3N2O. The molecule has 0 amide bonds. The molecule has 0 spiro atoms. The summed E-state index contributed by atoms with van der Waals surface area (Å²) in [4.78, 5) is 2.45. The van der Waals surface area contributed by atoms with E-state index in [0.29, 0.717) is 17.4 Å². The van der Waals surface area contributed by atoms with Crippen molar-refractivity contribution in [1.82, 2.24) is 5.32 Å². The Morgan fingerprint density at radius 3 is 2.79 bits per heavy atom. The lowest BCUT2D eigenvalue weighted by Crippen LogP contribution is -2.41. The molecule has 0 radical (unpaired) electrons. The van der Waals surface area contributed by atoms with E-state index >= 15 is 0 Å². The average Bonchev–Trinajstić information content (AvgIpc) is 3.15. The zero-order valence-corrected chi connectivity index (χ0v) is 15.8. The summed E-state index contributed by atoms with van der Waals surface area (Å²) < 4.78 is 46.4. The van der Waals surface area contributed by atoms with Gasteiger partial charge in [-0.1, -0.05) is 6.07 Å². The number of hydrogen-bond donors (Lipinski definition) is 1. The molecule has 148 valence electrons. The van der Waals surface area contributed by atoms with Gasteiger partial charge in [-0.25, -0.2) is 0 Å². The van der Waals surface area contributed by atoms with Crippen molar-refractivity contribution in [2.75, 3.05) is 38.2 Å². The molecule has 28 heavy (non-hydrogen) atoms. The van der Waals surface area contributed by atoms with E-state index in [-0.39, 0.29) is 11.3 Å². The molecule has 0 saturated carbocycles. The molecule has 6 heteroatoms. The summed E-state index contributed by atoms with van der Waals surface area (Å²) in [5.41, 5.74) is 3.95. The highest BCUT2D eigenvalue weighted by Crippen LogP contribution is 2.48. The Balaban J connectivity index is 1.70. The Labute approximate surface area is 162 Å². The highest BCUT2D eigenvalue weighted by atomic mass is 19.4. The molecule has 5 rings (SSSR count). The van der Waals surface area contributed by atoms with Gasteiger partial charge in [-0.3, -0.25) is 0 Å². The summed E-state index contributed by atoms with van der Waals surface area (Å²) in [7, 11) is 1.39. The lowest BCUT2D eigenvalue weighted by Gasteiger charge is -2.42. The van der Waals surface area contributed by atoms with E-state index in [0.717, 1.165) is 45.1 Å². The van der Waals surface area contributed by atoms with Gasteiger partial charge in [0.25, 0.3) is 0 Å². The Morgan fingerprint density at radius 1 is 1.14 bits per heavy atom. The normalized spacial score (nSPS) is 23.4. The summed E-state index contributed by atoms with van der Waals surface area (Å²) in [5, 5.41) is 3.48. The maximum atomic E-state index is 13.8. The van der Waals surface area contributed by atoms with Gasteiger partial charge in [0.05, 0.1) is 12.7 Å². The number of nitrogens with one attached hydrogen (secondary N) is 1. The number of aryl methyl sites for hydroxylation is 1. The number of fused-ring (bicyclic) bond motifs is 2. The van der Waals surface area contributed by atoms with Crippen molar-refractivity contribution >= 4 is 5.69 Å². The van der Waals surface area contributed by atoms with Gasteiger partial charge >= 0.3 is 6.18 Å². The third kappa shape index (κ3) is 2.77. The molecule has 3 aliphatic heterocycles. The minimum absolute atomic E-state index is 0.224. The van der Waals surface area contributed by atoms with Crippen molar-refractivity contribution in [2.24, 2.45) is 5.92 Å². The van der Waals surface area contributed by atoms with E-state index in [9.17, 15) is 13.2 Å². The number of alkyl halides is 3. The summed E-state index contributed by atoms with van der Waals surface area (Å²) in [6.07, 6.45) is -2.45. The van der Waals surface area contributed by atoms with Gasteiger partial charge in [-0.05, 0) is 65.3 Å². The summed E-state index contributed by atoms with van der Waals surface area (Å²) in [6.45, 7) is 3.98. The van der Waals surface area contributed by atoms with Crippen LogP contribution < -0.4 is 15.0 Å². The van der Waals surface area contributed by atoms with E-state index in [2.05, 4.69) is 10.2 Å². The van der Waals surface area contributed by atoms with E-state index in [4.69, 9.17) is 4.74 Å². The van der Waals surface area contributed by atoms with Crippen LogP contribution in [0.5, 0.6) is 5.75 Å². The molecule has 3 heterocycles. The molecule has 0 aliphatic carbocycles. The molecule has 2 atom stereocenters. The fourth-order valence-electron chi connectivity index (χ4n) is 5.20. The summed E-state index contributed by atoms with van der Waals surface area (Å²) in [5.74, 6) is 1.14. The van der Waals surface area contributed by atoms with Crippen molar-refractivity contribution in [3.05, 3.63) is 47.0 Å². The van der Waals surface area contributed by atoms with Crippen molar-refractivity contribution in [2.45, 2.75) is 24.9 Å². The number of benzene rings is 2. The number of ether oxygens (including phenoxy) is 1. The standard InChI is InChI=1S/C22H23F3N2O/c1-28-16-4-5-17(20(9-16)22(23,24)25)14-7-13-3-2-6-27-12-15-10-26-11-19(15)18(8-14)21(13)27/h4-5,7-9,15,19,26H,2-3,6,10-12H2,1H3. The quantitative estimate of drug-likeness (QED) is 0.823. The van der Waals surface area contributed by atoms with Crippen LogP contribution in [0.1, 0.15) is 29.0 Å². The SMILES string of the molecule is COc1ccc(-c2cc3c4c(c2)C2CNCC2CN4CCC3)c(C(F)(F)F)c1. The second-order valence-corrected chi connectivity index (χ2v) is 8.06.